The quantitative estimate of drug-likeness (QED) is 0.903. The van der Waals surface area contributed by atoms with Gasteiger partial charge in [-0.2, -0.15) is 0 Å². The summed E-state index contributed by atoms with van der Waals surface area (Å²) in [5.74, 6) is -0.585. The molecule has 2 aromatic carbocycles. The minimum Gasteiger partial charge on any atom is -0.454 e. The van der Waals surface area contributed by atoms with E-state index in [0.717, 1.165) is 0 Å². The van der Waals surface area contributed by atoms with Crippen LogP contribution in [0, 0.1) is 18.6 Å². The normalized spacial score (nSPS) is 10.4. The molecule has 2 rings (SSSR count). The molecule has 0 radical (unpaired) electrons. The van der Waals surface area contributed by atoms with E-state index in [-0.39, 0.29) is 23.9 Å². The lowest BCUT2D eigenvalue weighted by Crippen LogP contribution is -1.97. The number of aryl methyl sites for hydroxylation is 1. The third kappa shape index (κ3) is 2.65. The van der Waals surface area contributed by atoms with Crippen molar-refractivity contribution in [3.05, 3.63) is 59.2 Å². The molecule has 18 heavy (non-hydrogen) atoms. The van der Waals surface area contributed by atoms with Crippen LogP contribution >= 0.6 is 0 Å². The van der Waals surface area contributed by atoms with E-state index >= 15 is 0 Å². The Labute approximate surface area is 104 Å². The molecule has 0 fully saturated rings. The fourth-order valence-corrected chi connectivity index (χ4v) is 1.52. The molecule has 0 atom stereocenters. The van der Waals surface area contributed by atoms with Gasteiger partial charge in [0.15, 0.2) is 11.6 Å². The molecule has 2 nitrogen and oxygen atoms in total. The minimum absolute atomic E-state index is 0.0513. The highest BCUT2D eigenvalue weighted by Crippen LogP contribution is 2.26. The van der Waals surface area contributed by atoms with Crippen molar-refractivity contribution < 1.29 is 13.5 Å². The second-order valence-electron chi connectivity index (χ2n) is 3.98. The molecular weight excluding hydrogens is 236 g/mol. The molecule has 0 aromatic heterocycles. The number of ether oxygens (including phenoxy) is 1. The van der Waals surface area contributed by atoms with E-state index in [1.165, 1.54) is 18.2 Å². The Morgan fingerprint density at radius 1 is 1.06 bits per heavy atom. The molecule has 0 heterocycles. The zero-order chi connectivity index (χ0) is 13.1. The van der Waals surface area contributed by atoms with Crippen LogP contribution in [-0.2, 0) is 6.54 Å². The summed E-state index contributed by atoms with van der Waals surface area (Å²) in [6, 6.07) is 8.86. The highest BCUT2D eigenvalue weighted by molar-refractivity contribution is 5.36. The summed E-state index contributed by atoms with van der Waals surface area (Å²) in [4.78, 5) is 0. The topological polar surface area (TPSA) is 35.2 Å². The van der Waals surface area contributed by atoms with Gasteiger partial charge in [-0.25, -0.2) is 8.78 Å². The van der Waals surface area contributed by atoms with Crippen LogP contribution in [0.3, 0.4) is 0 Å². The average Bonchev–Trinajstić information content (AvgIpc) is 2.36. The van der Waals surface area contributed by atoms with E-state index in [4.69, 9.17) is 10.5 Å². The first-order valence-corrected chi connectivity index (χ1v) is 5.52. The Balaban J connectivity index is 2.25. The van der Waals surface area contributed by atoms with Crippen molar-refractivity contribution in [3.8, 4) is 11.5 Å². The molecule has 0 aliphatic carbocycles. The van der Waals surface area contributed by atoms with Crippen LogP contribution in [0.5, 0.6) is 11.5 Å². The van der Waals surface area contributed by atoms with Gasteiger partial charge in [-0.15, -0.1) is 0 Å². The SMILES string of the molecule is Cc1ccc(Oc2ccc(CN)cc2F)cc1F. The van der Waals surface area contributed by atoms with E-state index in [1.807, 2.05) is 0 Å². The van der Waals surface area contributed by atoms with Gasteiger partial charge < -0.3 is 10.5 Å². The summed E-state index contributed by atoms with van der Waals surface area (Å²) in [6.07, 6.45) is 0. The molecule has 0 saturated heterocycles. The molecule has 94 valence electrons. The van der Waals surface area contributed by atoms with Crippen LogP contribution in [0.1, 0.15) is 11.1 Å². The molecule has 0 unspecified atom stereocenters. The van der Waals surface area contributed by atoms with Gasteiger partial charge in [0.25, 0.3) is 0 Å². The number of hydrogen-bond donors (Lipinski definition) is 1. The standard InChI is InChI=1S/C14H13F2NO/c1-9-2-4-11(7-12(9)15)18-14-5-3-10(8-17)6-13(14)16/h2-7H,8,17H2,1H3. The fraction of sp³-hybridized carbons (Fsp3) is 0.143. The van der Waals surface area contributed by atoms with Crippen molar-refractivity contribution in [2.45, 2.75) is 13.5 Å². The summed E-state index contributed by atoms with van der Waals surface area (Å²) in [6.45, 7) is 1.91. The number of hydrogen-bond acceptors (Lipinski definition) is 2. The molecular formula is C14H13F2NO. The lowest BCUT2D eigenvalue weighted by atomic mass is 10.2. The van der Waals surface area contributed by atoms with Gasteiger partial charge >= 0.3 is 0 Å². The molecule has 0 amide bonds. The lowest BCUT2D eigenvalue weighted by Gasteiger charge is -2.08. The second-order valence-corrected chi connectivity index (χ2v) is 3.98. The highest BCUT2D eigenvalue weighted by atomic mass is 19.1. The van der Waals surface area contributed by atoms with Crippen molar-refractivity contribution in [2.75, 3.05) is 0 Å². The van der Waals surface area contributed by atoms with Crippen molar-refractivity contribution in [1.29, 1.82) is 0 Å². The first-order chi connectivity index (χ1) is 8.60. The Hall–Kier alpha value is -1.94. The largest absolute Gasteiger partial charge is 0.454 e. The van der Waals surface area contributed by atoms with E-state index < -0.39 is 5.82 Å². The molecule has 4 heteroatoms. The second kappa shape index (κ2) is 5.14. The van der Waals surface area contributed by atoms with Crippen LogP contribution in [0.4, 0.5) is 8.78 Å². The number of halogens is 2. The van der Waals surface area contributed by atoms with Crippen molar-refractivity contribution in [2.24, 2.45) is 5.73 Å². The zero-order valence-corrected chi connectivity index (χ0v) is 9.91. The predicted octanol–water partition coefficient (Wildman–Crippen LogP) is 3.52. The van der Waals surface area contributed by atoms with Gasteiger partial charge in [-0.3, -0.25) is 0 Å². The maximum atomic E-state index is 13.6. The maximum Gasteiger partial charge on any atom is 0.166 e. The monoisotopic (exact) mass is 249 g/mol. The number of benzene rings is 2. The average molecular weight is 249 g/mol. The Bertz CT molecular complexity index is 570. The van der Waals surface area contributed by atoms with Crippen molar-refractivity contribution in [3.63, 3.8) is 0 Å². The smallest absolute Gasteiger partial charge is 0.166 e. The summed E-state index contributed by atoms with van der Waals surface area (Å²) in [7, 11) is 0. The zero-order valence-electron chi connectivity index (χ0n) is 9.91. The van der Waals surface area contributed by atoms with Crippen LogP contribution in [0.25, 0.3) is 0 Å². The van der Waals surface area contributed by atoms with Gasteiger partial charge in [0.1, 0.15) is 11.6 Å². The summed E-state index contributed by atoms with van der Waals surface area (Å²) >= 11 is 0. The van der Waals surface area contributed by atoms with Crippen LogP contribution in [0.2, 0.25) is 0 Å². The van der Waals surface area contributed by atoms with Crippen molar-refractivity contribution >= 4 is 0 Å². The van der Waals surface area contributed by atoms with Gasteiger partial charge in [0.05, 0.1) is 0 Å². The molecule has 0 aliphatic heterocycles. The molecule has 2 aromatic rings. The Morgan fingerprint density at radius 3 is 2.44 bits per heavy atom. The maximum absolute atomic E-state index is 13.6. The molecule has 0 aliphatic rings. The minimum atomic E-state index is -0.515. The first-order valence-electron chi connectivity index (χ1n) is 5.52. The molecule has 0 bridgehead atoms. The third-order valence-corrected chi connectivity index (χ3v) is 2.60. The predicted molar refractivity (Wildman–Crippen MR) is 65.5 cm³/mol. The third-order valence-electron chi connectivity index (χ3n) is 2.60. The summed E-state index contributed by atoms with van der Waals surface area (Å²) in [5, 5.41) is 0. The van der Waals surface area contributed by atoms with E-state index in [9.17, 15) is 8.78 Å². The van der Waals surface area contributed by atoms with E-state index in [2.05, 4.69) is 0 Å². The van der Waals surface area contributed by atoms with Gasteiger partial charge in [-0.1, -0.05) is 12.1 Å². The molecule has 0 spiro atoms. The lowest BCUT2D eigenvalue weighted by molar-refractivity contribution is 0.438. The number of rotatable bonds is 3. The Kier molecular flexibility index (Phi) is 3.58. The first kappa shape index (κ1) is 12.5. The summed E-state index contributed by atoms with van der Waals surface area (Å²) < 4.78 is 32.2. The van der Waals surface area contributed by atoms with Gasteiger partial charge in [0.2, 0.25) is 0 Å². The van der Waals surface area contributed by atoms with Gasteiger partial charge in [0, 0.05) is 12.6 Å². The van der Waals surface area contributed by atoms with Crippen LogP contribution < -0.4 is 10.5 Å². The van der Waals surface area contributed by atoms with Crippen LogP contribution in [0.15, 0.2) is 36.4 Å². The Morgan fingerprint density at radius 2 is 1.83 bits per heavy atom. The molecule has 2 N–H and O–H groups in total. The van der Waals surface area contributed by atoms with Crippen molar-refractivity contribution in [1.82, 2.24) is 0 Å². The summed E-state index contributed by atoms with van der Waals surface area (Å²) in [5.41, 5.74) is 6.59. The van der Waals surface area contributed by atoms with Gasteiger partial charge in [-0.05, 0) is 36.2 Å². The van der Waals surface area contributed by atoms with E-state index in [0.29, 0.717) is 11.1 Å². The molecule has 0 saturated carbocycles. The van der Waals surface area contributed by atoms with E-state index in [1.54, 1.807) is 25.1 Å². The fourth-order valence-electron chi connectivity index (χ4n) is 1.52. The number of nitrogens with two attached hydrogens (primary N) is 1. The highest BCUT2D eigenvalue weighted by Gasteiger charge is 2.07. The van der Waals surface area contributed by atoms with Crippen LogP contribution in [-0.4, -0.2) is 0 Å².